The van der Waals surface area contributed by atoms with Crippen molar-refractivity contribution in [3.63, 3.8) is 0 Å². The summed E-state index contributed by atoms with van der Waals surface area (Å²) >= 11 is 4.31. The summed E-state index contributed by atoms with van der Waals surface area (Å²) in [4.78, 5) is 0. The Hall–Kier alpha value is -0.120. The van der Waals surface area contributed by atoms with Crippen LogP contribution in [0.5, 0.6) is 0 Å². The van der Waals surface area contributed by atoms with E-state index in [9.17, 15) is 0 Å². The molecule has 0 amide bonds. The van der Waals surface area contributed by atoms with Crippen LogP contribution in [0.4, 0.5) is 0 Å². The lowest BCUT2D eigenvalue weighted by atomic mass is 9.99. The lowest BCUT2D eigenvalue weighted by Crippen LogP contribution is -2.37. The number of rotatable bonds is 5. The molecule has 0 aliphatic carbocycles. The van der Waals surface area contributed by atoms with Gasteiger partial charge in [0.2, 0.25) is 0 Å². The number of hydrogen-bond donors (Lipinski definition) is 1. The van der Waals surface area contributed by atoms with Gasteiger partial charge in [0.15, 0.2) is 0 Å². The van der Waals surface area contributed by atoms with Gasteiger partial charge in [0.25, 0.3) is 0 Å². The van der Waals surface area contributed by atoms with E-state index in [2.05, 4.69) is 81.7 Å². The van der Waals surface area contributed by atoms with Crippen molar-refractivity contribution in [1.29, 1.82) is 0 Å². The van der Waals surface area contributed by atoms with Crippen LogP contribution in [-0.2, 0) is 0 Å². The van der Waals surface area contributed by atoms with Gasteiger partial charge in [-0.3, -0.25) is 0 Å². The van der Waals surface area contributed by atoms with Crippen molar-refractivity contribution in [2.24, 2.45) is 0 Å². The molecule has 118 valence electrons. The van der Waals surface area contributed by atoms with Gasteiger partial charge in [-0.05, 0) is 43.5 Å². The molecule has 1 N–H and O–H groups in total. The van der Waals surface area contributed by atoms with Crippen molar-refractivity contribution >= 4 is 23.5 Å². The molecule has 0 saturated carbocycles. The zero-order valence-electron chi connectivity index (χ0n) is 14.0. The van der Waals surface area contributed by atoms with Crippen LogP contribution in [0.1, 0.15) is 49.9 Å². The van der Waals surface area contributed by atoms with Gasteiger partial charge in [0.1, 0.15) is 0 Å². The van der Waals surface area contributed by atoms with Crippen LogP contribution in [0.25, 0.3) is 0 Å². The molecular weight excluding hydrogens is 294 g/mol. The zero-order valence-corrected chi connectivity index (χ0v) is 15.6. The molecule has 1 heterocycles. The molecular formula is C18H29NS2. The Labute approximate surface area is 139 Å². The summed E-state index contributed by atoms with van der Waals surface area (Å²) in [6, 6.07) is 7.47. The van der Waals surface area contributed by atoms with Gasteiger partial charge in [-0.15, -0.1) is 0 Å². The highest BCUT2D eigenvalue weighted by Crippen LogP contribution is 2.41. The van der Waals surface area contributed by atoms with Crippen LogP contribution >= 0.6 is 23.5 Å². The van der Waals surface area contributed by atoms with E-state index in [1.165, 1.54) is 28.9 Å². The van der Waals surface area contributed by atoms with E-state index in [0.29, 0.717) is 11.3 Å². The van der Waals surface area contributed by atoms with E-state index >= 15 is 0 Å². The lowest BCUT2D eigenvalue weighted by Gasteiger charge is -2.36. The Morgan fingerprint density at radius 3 is 2.57 bits per heavy atom. The maximum absolute atomic E-state index is 3.80. The molecule has 3 heteroatoms. The SMILES string of the molecule is CCCNC(c1ccc(C)c(C)c1)C1CSC(C)C(C)S1. The Morgan fingerprint density at radius 1 is 1.19 bits per heavy atom. The normalized spacial score (nSPS) is 27.6. The first-order valence-corrected chi connectivity index (χ1v) is 10.1. The molecule has 1 aliphatic rings. The average Bonchev–Trinajstić information content (AvgIpc) is 2.46. The van der Waals surface area contributed by atoms with E-state index < -0.39 is 0 Å². The highest BCUT2D eigenvalue weighted by atomic mass is 32.2. The minimum absolute atomic E-state index is 0.483. The van der Waals surface area contributed by atoms with Gasteiger partial charge >= 0.3 is 0 Å². The number of nitrogens with one attached hydrogen (secondary N) is 1. The van der Waals surface area contributed by atoms with Crippen LogP contribution in [0.3, 0.4) is 0 Å². The smallest absolute Gasteiger partial charge is 0.0448 e. The maximum atomic E-state index is 3.80. The summed E-state index contributed by atoms with van der Waals surface area (Å²) in [6.45, 7) is 12.5. The van der Waals surface area contributed by atoms with Crippen molar-refractivity contribution in [1.82, 2.24) is 5.32 Å². The number of hydrogen-bond acceptors (Lipinski definition) is 3. The largest absolute Gasteiger partial charge is 0.309 e. The minimum atomic E-state index is 0.483. The number of thioether (sulfide) groups is 2. The molecule has 4 atom stereocenters. The van der Waals surface area contributed by atoms with Crippen molar-refractivity contribution < 1.29 is 0 Å². The zero-order chi connectivity index (χ0) is 15.4. The Kier molecular flexibility index (Phi) is 6.51. The second kappa shape index (κ2) is 7.94. The third-order valence-corrected chi connectivity index (χ3v) is 7.94. The summed E-state index contributed by atoms with van der Waals surface area (Å²) in [5.74, 6) is 1.25. The van der Waals surface area contributed by atoms with Gasteiger partial charge in [-0.1, -0.05) is 39.0 Å². The third kappa shape index (κ3) is 4.43. The summed E-state index contributed by atoms with van der Waals surface area (Å²) in [5.41, 5.74) is 4.26. The molecule has 0 spiro atoms. The number of benzene rings is 1. The molecule has 1 aromatic carbocycles. The first-order chi connectivity index (χ1) is 10.0. The second-order valence-corrected chi connectivity index (χ2v) is 9.23. The van der Waals surface area contributed by atoms with E-state index in [4.69, 9.17) is 0 Å². The fourth-order valence-corrected chi connectivity index (χ4v) is 5.82. The van der Waals surface area contributed by atoms with E-state index in [1.807, 2.05) is 0 Å². The molecule has 1 nitrogen and oxygen atoms in total. The molecule has 0 aromatic heterocycles. The number of aryl methyl sites for hydroxylation is 2. The molecule has 1 saturated heterocycles. The quantitative estimate of drug-likeness (QED) is 0.821. The third-order valence-electron chi connectivity index (χ3n) is 4.45. The first kappa shape index (κ1) is 17.2. The molecule has 0 radical (unpaired) electrons. The highest BCUT2D eigenvalue weighted by Gasteiger charge is 2.31. The topological polar surface area (TPSA) is 12.0 Å². The van der Waals surface area contributed by atoms with Crippen LogP contribution in [-0.4, -0.2) is 28.0 Å². The fraction of sp³-hybridized carbons (Fsp3) is 0.667. The second-order valence-electron chi connectivity index (χ2n) is 6.19. The predicted octanol–water partition coefficient (Wildman–Crippen LogP) is 4.97. The first-order valence-electron chi connectivity index (χ1n) is 8.10. The van der Waals surface area contributed by atoms with Gasteiger partial charge in [-0.25, -0.2) is 0 Å². The van der Waals surface area contributed by atoms with Crippen molar-refractivity contribution in [3.05, 3.63) is 34.9 Å². The summed E-state index contributed by atoms with van der Waals surface area (Å²) in [5, 5.41) is 6.00. The maximum Gasteiger partial charge on any atom is 0.0448 e. The molecule has 21 heavy (non-hydrogen) atoms. The molecule has 1 aromatic rings. The lowest BCUT2D eigenvalue weighted by molar-refractivity contribution is 0.527. The Balaban J connectivity index is 2.19. The van der Waals surface area contributed by atoms with Gasteiger partial charge < -0.3 is 5.32 Å². The van der Waals surface area contributed by atoms with E-state index in [1.54, 1.807) is 0 Å². The van der Waals surface area contributed by atoms with Crippen molar-refractivity contribution in [2.75, 3.05) is 12.3 Å². The van der Waals surface area contributed by atoms with Gasteiger partial charge in [-0.2, -0.15) is 23.5 Å². The Morgan fingerprint density at radius 2 is 1.95 bits per heavy atom. The van der Waals surface area contributed by atoms with Crippen molar-refractivity contribution in [3.8, 4) is 0 Å². The van der Waals surface area contributed by atoms with E-state index in [-0.39, 0.29) is 0 Å². The standard InChI is InChI=1S/C18H29NS2/c1-6-9-19-18(16-8-7-12(2)13(3)10-16)17-11-20-14(4)15(5)21-17/h7-8,10,14-15,17-19H,6,9,11H2,1-5H3. The molecule has 1 aliphatic heterocycles. The fourth-order valence-electron chi connectivity index (χ4n) is 2.70. The monoisotopic (exact) mass is 323 g/mol. The minimum Gasteiger partial charge on any atom is -0.309 e. The van der Waals surface area contributed by atoms with Gasteiger partial charge in [0, 0.05) is 27.5 Å². The van der Waals surface area contributed by atoms with Gasteiger partial charge in [0.05, 0.1) is 0 Å². The Bertz CT molecular complexity index is 461. The average molecular weight is 324 g/mol. The van der Waals surface area contributed by atoms with Crippen LogP contribution in [0, 0.1) is 13.8 Å². The highest BCUT2D eigenvalue weighted by molar-refractivity contribution is 8.07. The summed E-state index contributed by atoms with van der Waals surface area (Å²) in [7, 11) is 0. The summed E-state index contributed by atoms with van der Waals surface area (Å²) in [6.07, 6.45) is 1.19. The van der Waals surface area contributed by atoms with E-state index in [0.717, 1.165) is 17.0 Å². The molecule has 4 unspecified atom stereocenters. The molecule has 2 rings (SSSR count). The van der Waals surface area contributed by atoms with Crippen LogP contribution in [0.15, 0.2) is 18.2 Å². The van der Waals surface area contributed by atoms with Crippen LogP contribution < -0.4 is 5.32 Å². The predicted molar refractivity (Wildman–Crippen MR) is 99.7 cm³/mol. The summed E-state index contributed by atoms with van der Waals surface area (Å²) < 4.78 is 0. The van der Waals surface area contributed by atoms with Crippen LogP contribution in [0.2, 0.25) is 0 Å². The molecule has 0 bridgehead atoms. The molecule has 1 fully saturated rings. The van der Waals surface area contributed by atoms with Crippen molar-refractivity contribution in [2.45, 2.75) is 62.8 Å².